The zero-order valence-corrected chi connectivity index (χ0v) is 12.5. The summed E-state index contributed by atoms with van der Waals surface area (Å²) in [6.45, 7) is 4.63. The predicted octanol–water partition coefficient (Wildman–Crippen LogP) is 1.34. The minimum atomic E-state index is -1.00. The summed E-state index contributed by atoms with van der Waals surface area (Å²) in [5.74, 6) is 0.0693. The van der Waals surface area contributed by atoms with Crippen molar-refractivity contribution >= 4 is 11.6 Å². The van der Waals surface area contributed by atoms with Gasteiger partial charge in [-0.2, -0.15) is 5.10 Å². The van der Waals surface area contributed by atoms with Gasteiger partial charge in [0.1, 0.15) is 5.60 Å². The average molecular weight is 288 g/mol. The number of nitrogens with zero attached hydrogens (tertiary/aromatic N) is 3. The van der Waals surface area contributed by atoms with Crippen molar-refractivity contribution in [2.24, 2.45) is 5.92 Å². The Bertz CT molecular complexity index is 426. The van der Waals surface area contributed by atoms with Crippen LogP contribution >= 0.6 is 11.6 Å². The van der Waals surface area contributed by atoms with Crippen molar-refractivity contribution in [1.29, 1.82) is 0 Å². The maximum atomic E-state index is 10.9. The molecule has 1 aromatic rings. The maximum absolute atomic E-state index is 10.9. The summed E-state index contributed by atoms with van der Waals surface area (Å²) >= 11 is 6.23. The van der Waals surface area contributed by atoms with Crippen LogP contribution in [-0.2, 0) is 16.9 Å². The van der Waals surface area contributed by atoms with E-state index in [0.717, 1.165) is 13.0 Å². The van der Waals surface area contributed by atoms with Crippen molar-refractivity contribution in [2.75, 3.05) is 33.9 Å². The minimum Gasteiger partial charge on any atom is -0.383 e. The van der Waals surface area contributed by atoms with Crippen molar-refractivity contribution in [3.8, 4) is 0 Å². The van der Waals surface area contributed by atoms with E-state index in [-0.39, 0.29) is 5.92 Å². The maximum Gasteiger partial charge on any atom is 0.110 e. The van der Waals surface area contributed by atoms with Gasteiger partial charge in [-0.25, -0.2) is 0 Å². The highest BCUT2D eigenvalue weighted by atomic mass is 35.5. The van der Waals surface area contributed by atoms with Gasteiger partial charge in [-0.3, -0.25) is 4.68 Å². The van der Waals surface area contributed by atoms with Crippen LogP contribution in [0.4, 0.5) is 0 Å². The molecule has 1 aliphatic rings. The molecule has 5 nitrogen and oxygen atoms in total. The molecule has 1 fully saturated rings. The Morgan fingerprint density at radius 3 is 2.95 bits per heavy atom. The first-order valence-corrected chi connectivity index (χ1v) is 6.97. The summed E-state index contributed by atoms with van der Waals surface area (Å²) in [5, 5.41) is 15.7. The highest BCUT2D eigenvalue weighted by Crippen LogP contribution is 2.37. The van der Waals surface area contributed by atoms with Crippen LogP contribution in [-0.4, -0.2) is 53.6 Å². The molecule has 0 bridgehead atoms. The first-order valence-electron chi connectivity index (χ1n) is 6.59. The van der Waals surface area contributed by atoms with Crippen molar-refractivity contribution in [2.45, 2.75) is 25.5 Å². The van der Waals surface area contributed by atoms with Gasteiger partial charge in [0, 0.05) is 19.1 Å². The molecule has 2 heterocycles. The third-order valence-electron chi connectivity index (χ3n) is 3.76. The first kappa shape index (κ1) is 14.8. The zero-order valence-electron chi connectivity index (χ0n) is 11.8. The third kappa shape index (κ3) is 3.11. The molecule has 108 valence electrons. The van der Waals surface area contributed by atoms with Gasteiger partial charge >= 0.3 is 0 Å². The van der Waals surface area contributed by atoms with Gasteiger partial charge in [-0.15, -0.1) is 0 Å². The molecular formula is C13H22ClN3O2. The molecular weight excluding hydrogens is 266 g/mol. The van der Waals surface area contributed by atoms with Gasteiger partial charge in [0.05, 0.1) is 30.1 Å². The minimum absolute atomic E-state index is 0.0693. The smallest absolute Gasteiger partial charge is 0.110 e. The lowest BCUT2D eigenvalue weighted by Crippen LogP contribution is -2.36. The van der Waals surface area contributed by atoms with Crippen LogP contribution in [0.5, 0.6) is 0 Å². The van der Waals surface area contributed by atoms with Crippen LogP contribution in [0.15, 0.2) is 6.20 Å². The van der Waals surface area contributed by atoms with Crippen molar-refractivity contribution in [3.63, 3.8) is 0 Å². The van der Waals surface area contributed by atoms with Crippen molar-refractivity contribution in [3.05, 3.63) is 16.9 Å². The highest BCUT2D eigenvalue weighted by molar-refractivity contribution is 6.31. The lowest BCUT2D eigenvalue weighted by molar-refractivity contribution is -0.0174. The molecule has 2 rings (SSSR count). The van der Waals surface area contributed by atoms with Crippen LogP contribution < -0.4 is 0 Å². The number of likely N-dealkylation sites (N-methyl/N-ethyl adjacent to an activating group) is 1. The molecule has 0 saturated carbocycles. The third-order valence-corrected chi connectivity index (χ3v) is 4.03. The Labute approximate surface area is 119 Å². The molecule has 1 saturated heterocycles. The Hall–Kier alpha value is -0.620. The molecule has 0 spiro atoms. The van der Waals surface area contributed by atoms with Crippen LogP contribution in [0.2, 0.25) is 5.02 Å². The Balaban J connectivity index is 2.24. The fourth-order valence-electron chi connectivity index (χ4n) is 2.50. The number of halogens is 1. The van der Waals surface area contributed by atoms with E-state index in [1.54, 1.807) is 17.8 Å². The topological polar surface area (TPSA) is 50.5 Å². The number of hydrogen-bond acceptors (Lipinski definition) is 4. The lowest BCUT2D eigenvalue weighted by atomic mass is 9.85. The van der Waals surface area contributed by atoms with Crippen LogP contribution in [0, 0.1) is 5.92 Å². The summed E-state index contributed by atoms with van der Waals surface area (Å²) in [4.78, 5) is 2.08. The van der Waals surface area contributed by atoms with Gasteiger partial charge in [0.25, 0.3) is 0 Å². The Morgan fingerprint density at radius 1 is 1.63 bits per heavy atom. The predicted molar refractivity (Wildman–Crippen MR) is 74.3 cm³/mol. The number of aromatic nitrogens is 2. The van der Waals surface area contributed by atoms with Gasteiger partial charge in [0.2, 0.25) is 0 Å². The fourth-order valence-corrected chi connectivity index (χ4v) is 2.83. The Kier molecular flexibility index (Phi) is 4.50. The van der Waals surface area contributed by atoms with Gasteiger partial charge in [-0.05, 0) is 27.4 Å². The van der Waals surface area contributed by atoms with E-state index >= 15 is 0 Å². The second kappa shape index (κ2) is 5.79. The number of rotatable bonds is 5. The lowest BCUT2D eigenvalue weighted by Gasteiger charge is -2.30. The van der Waals surface area contributed by atoms with Crippen molar-refractivity contribution < 1.29 is 9.84 Å². The largest absolute Gasteiger partial charge is 0.383 e. The number of aliphatic hydroxyl groups is 1. The van der Waals surface area contributed by atoms with Gasteiger partial charge in [-0.1, -0.05) is 11.6 Å². The van der Waals surface area contributed by atoms with Crippen molar-refractivity contribution in [1.82, 2.24) is 14.7 Å². The van der Waals surface area contributed by atoms with Gasteiger partial charge < -0.3 is 14.7 Å². The molecule has 0 radical (unpaired) electrons. The molecule has 0 amide bonds. The van der Waals surface area contributed by atoms with E-state index in [1.807, 2.05) is 14.1 Å². The molecule has 2 atom stereocenters. The average Bonchev–Trinajstić information content (AvgIpc) is 2.95. The van der Waals surface area contributed by atoms with E-state index in [0.29, 0.717) is 30.5 Å². The summed E-state index contributed by atoms with van der Waals surface area (Å²) in [7, 11) is 4.02. The molecule has 6 heteroatoms. The second-order valence-electron chi connectivity index (χ2n) is 5.58. The van der Waals surface area contributed by atoms with E-state index in [2.05, 4.69) is 10.00 Å². The summed E-state index contributed by atoms with van der Waals surface area (Å²) in [6, 6.07) is 0. The molecule has 2 unspecified atom stereocenters. The zero-order chi connectivity index (χ0) is 14.0. The molecule has 0 aliphatic carbocycles. The first-order chi connectivity index (χ1) is 8.93. The van der Waals surface area contributed by atoms with Crippen LogP contribution in [0.25, 0.3) is 0 Å². The molecule has 1 N–H and O–H groups in total. The SMILES string of the molecule is CN(C)CCn1ncc(Cl)c1C(C)(O)C1CCOC1. The second-order valence-corrected chi connectivity index (χ2v) is 5.98. The van der Waals surface area contributed by atoms with E-state index < -0.39 is 5.60 Å². The van der Waals surface area contributed by atoms with E-state index in [1.165, 1.54) is 0 Å². The molecule has 1 aromatic heterocycles. The molecule has 0 aromatic carbocycles. The molecule has 1 aliphatic heterocycles. The van der Waals surface area contributed by atoms with Crippen LogP contribution in [0.1, 0.15) is 19.0 Å². The summed E-state index contributed by atoms with van der Waals surface area (Å²) < 4.78 is 7.18. The number of ether oxygens (including phenoxy) is 1. The highest BCUT2D eigenvalue weighted by Gasteiger charge is 2.40. The number of hydrogen-bond donors (Lipinski definition) is 1. The van der Waals surface area contributed by atoms with E-state index in [4.69, 9.17) is 16.3 Å². The quantitative estimate of drug-likeness (QED) is 0.888. The fraction of sp³-hybridized carbons (Fsp3) is 0.769. The normalized spacial score (nSPS) is 22.9. The van der Waals surface area contributed by atoms with Crippen LogP contribution in [0.3, 0.4) is 0 Å². The summed E-state index contributed by atoms with van der Waals surface area (Å²) in [6.07, 6.45) is 2.46. The Morgan fingerprint density at radius 2 is 2.37 bits per heavy atom. The monoisotopic (exact) mass is 287 g/mol. The van der Waals surface area contributed by atoms with E-state index in [9.17, 15) is 5.11 Å². The summed E-state index contributed by atoms with van der Waals surface area (Å²) in [5.41, 5.74) is -0.303. The molecule has 19 heavy (non-hydrogen) atoms. The van der Waals surface area contributed by atoms with Gasteiger partial charge in [0.15, 0.2) is 0 Å². The standard InChI is InChI=1S/C13H22ClN3O2/c1-13(18,10-4-7-19-9-10)12-11(14)8-15-17(12)6-5-16(2)3/h8,10,18H,4-7,9H2,1-3H3.